The van der Waals surface area contributed by atoms with Gasteiger partial charge in [-0.1, -0.05) is 6.92 Å². The molecule has 0 radical (unpaired) electrons. The van der Waals surface area contributed by atoms with Gasteiger partial charge in [0.2, 0.25) is 15.9 Å². The van der Waals surface area contributed by atoms with Gasteiger partial charge in [0.15, 0.2) is 0 Å². The summed E-state index contributed by atoms with van der Waals surface area (Å²) in [4.78, 5) is 21.1. The Balaban J connectivity index is 1.91. The second-order valence-electron chi connectivity index (χ2n) is 9.14. The number of sulfonamides is 1. The van der Waals surface area contributed by atoms with Crippen molar-refractivity contribution in [3.63, 3.8) is 0 Å². The highest BCUT2D eigenvalue weighted by molar-refractivity contribution is 7.92. The molecule has 0 fully saturated rings. The third kappa shape index (κ3) is 7.15. The average molecular weight is 491 g/mol. The van der Waals surface area contributed by atoms with Gasteiger partial charge in [0, 0.05) is 49.2 Å². The van der Waals surface area contributed by atoms with E-state index in [1.807, 2.05) is 33.0 Å². The predicted molar refractivity (Wildman–Crippen MR) is 131 cm³/mol. The lowest BCUT2D eigenvalue weighted by Crippen LogP contribution is -2.47. The molecule has 2 heterocycles. The van der Waals surface area contributed by atoms with Crippen LogP contribution in [0.3, 0.4) is 0 Å². The van der Waals surface area contributed by atoms with Gasteiger partial charge in [-0.05, 0) is 49.9 Å². The van der Waals surface area contributed by atoms with E-state index in [4.69, 9.17) is 4.74 Å². The van der Waals surface area contributed by atoms with Crippen LogP contribution >= 0.6 is 0 Å². The number of pyridine rings is 1. The van der Waals surface area contributed by atoms with Gasteiger partial charge in [-0.15, -0.1) is 0 Å². The predicted octanol–water partition coefficient (Wildman–Crippen LogP) is 1.73. The van der Waals surface area contributed by atoms with E-state index in [1.54, 1.807) is 35.5 Å². The van der Waals surface area contributed by atoms with Gasteiger partial charge in [-0.25, -0.2) is 8.42 Å². The zero-order valence-electron chi connectivity index (χ0n) is 20.1. The van der Waals surface area contributed by atoms with Gasteiger partial charge in [0.1, 0.15) is 11.9 Å². The molecule has 1 aromatic heterocycles. The fraction of sp³-hybridized carbons (Fsp3) is 0.500. The summed E-state index contributed by atoms with van der Waals surface area (Å²) >= 11 is 0. The van der Waals surface area contributed by atoms with Crippen molar-refractivity contribution < 1.29 is 23.1 Å². The number of amides is 1. The molecule has 10 heteroatoms. The molecule has 1 aliphatic rings. The Morgan fingerprint density at radius 1 is 1.29 bits per heavy atom. The number of carbonyl (C=O) groups excluding carboxylic acids is 1. The Labute approximate surface area is 201 Å². The van der Waals surface area contributed by atoms with Crippen LogP contribution in [0.2, 0.25) is 0 Å². The molecule has 0 aliphatic carbocycles. The van der Waals surface area contributed by atoms with Crippen LogP contribution in [0.25, 0.3) is 0 Å². The number of carbonyl (C=O) groups is 1. The summed E-state index contributed by atoms with van der Waals surface area (Å²) in [6.07, 6.45) is 4.42. The molecule has 0 spiro atoms. The lowest BCUT2D eigenvalue weighted by molar-refractivity contribution is -0.134. The molecular formula is C24H34N4O5S. The van der Waals surface area contributed by atoms with Crippen LogP contribution in [0.15, 0.2) is 42.7 Å². The van der Waals surface area contributed by atoms with Crippen LogP contribution in [0.1, 0.15) is 25.0 Å². The second kappa shape index (κ2) is 11.2. The molecule has 0 bridgehead atoms. The Bertz CT molecular complexity index is 1080. The highest BCUT2D eigenvalue weighted by Crippen LogP contribution is 2.29. The first-order valence-corrected chi connectivity index (χ1v) is 13.2. The third-order valence-corrected chi connectivity index (χ3v) is 6.52. The van der Waals surface area contributed by atoms with Gasteiger partial charge in [-0.3, -0.25) is 19.4 Å². The maximum atomic E-state index is 13.2. The molecular weight excluding hydrogens is 456 g/mol. The number of anilines is 1. The fourth-order valence-corrected chi connectivity index (χ4v) is 4.65. The van der Waals surface area contributed by atoms with Crippen LogP contribution in [-0.4, -0.2) is 79.4 Å². The number of benzene rings is 1. The highest BCUT2D eigenvalue weighted by Gasteiger charge is 2.31. The summed E-state index contributed by atoms with van der Waals surface area (Å²) in [6, 6.07) is 8.59. The quantitative estimate of drug-likeness (QED) is 0.580. The van der Waals surface area contributed by atoms with E-state index in [2.05, 4.69) is 14.6 Å². The van der Waals surface area contributed by atoms with E-state index in [0.717, 1.165) is 18.4 Å². The first kappa shape index (κ1) is 25.9. The summed E-state index contributed by atoms with van der Waals surface area (Å²) in [7, 11) is -1.45. The fourth-order valence-electron chi connectivity index (χ4n) is 4.10. The van der Waals surface area contributed by atoms with Crippen molar-refractivity contribution in [3.8, 4) is 5.75 Å². The number of nitrogens with one attached hydrogen (secondary N) is 1. The average Bonchev–Trinajstić information content (AvgIpc) is 2.81. The Morgan fingerprint density at radius 3 is 2.65 bits per heavy atom. The number of hydrogen-bond donors (Lipinski definition) is 2. The summed E-state index contributed by atoms with van der Waals surface area (Å²) in [5, 5.41) is 9.75. The van der Waals surface area contributed by atoms with Crippen LogP contribution in [0, 0.1) is 5.92 Å². The molecule has 3 atom stereocenters. The van der Waals surface area contributed by atoms with Gasteiger partial charge >= 0.3 is 0 Å². The van der Waals surface area contributed by atoms with Crippen LogP contribution in [0.4, 0.5) is 5.69 Å². The molecule has 186 valence electrons. The zero-order chi connectivity index (χ0) is 24.9. The Kier molecular flexibility index (Phi) is 8.51. The van der Waals surface area contributed by atoms with Crippen LogP contribution in [-0.2, 0) is 27.8 Å². The summed E-state index contributed by atoms with van der Waals surface area (Å²) in [5.41, 5.74) is 2.11. The summed E-state index contributed by atoms with van der Waals surface area (Å²) < 4.78 is 32.3. The maximum Gasteiger partial charge on any atom is 0.229 e. The topological polar surface area (TPSA) is 112 Å². The van der Waals surface area contributed by atoms with Gasteiger partial charge in [0.05, 0.1) is 25.3 Å². The SMILES string of the molecule is C[C@@H]1CN([C@@H](C)CO)C(=O)Cc2cc(NS(C)(=O)=O)ccc2O[C@H]1CN(C)Cc1ccncc1. The van der Waals surface area contributed by atoms with Crippen molar-refractivity contribution in [2.75, 3.05) is 37.7 Å². The van der Waals surface area contributed by atoms with Gasteiger partial charge in [0.25, 0.3) is 0 Å². The lowest BCUT2D eigenvalue weighted by Gasteiger charge is -2.34. The number of aliphatic hydroxyl groups excluding tert-OH is 1. The third-order valence-electron chi connectivity index (χ3n) is 5.91. The highest BCUT2D eigenvalue weighted by atomic mass is 32.2. The summed E-state index contributed by atoms with van der Waals surface area (Å²) in [5.74, 6) is 0.401. The van der Waals surface area contributed by atoms with Crippen LogP contribution < -0.4 is 9.46 Å². The first-order valence-electron chi connectivity index (χ1n) is 11.3. The van der Waals surface area contributed by atoms with E-state index in [1.165, 1.54) is 0 Å². The van der Waals surface area contributed by atoms with Crippen molar-refractivity contribution in [2.45, 2.75) is 39.0 Å². The number of rotatable bonds is 8. The minimum Gasteiger partial charge on any atom is -0.488 e. The molecule has 1 aliphatic heterocycles. The normalized spacial score (nSPS) is 20.1. The standard InChI is InChI=1S/C24H34N4O5S/c1-17-13-28(18(2)16-29)24(30)12-20-11-21(26-34(4,31)32)5-6-22(20)33-23(17)15-27(3)14-19-7-9-25-10-8-19/h5-11,17-18,23,26,29H,12-16H2,1-4H3/t17-,18+,23+/m1/s1. The van der Waals surface area contributed by atoms with Gasteiger partial charge in [-0.2, -0.15) is 0 Å². The summed E-state index contributed by atoms with van der Waals surface area (Å²) in [6.45, 7) is 5.48. The molecule has 34 heavy (non-hydrogen) atoms. The minimum atomic E-state index is -3.46. The van der Waals surface area contributed by atoms with Crippen molar-refractivity contribution in [1.82, 2.24) is 14.8 Å². The van der Waals surface area contributed by atoms with Crippen molar-refractivity contribution in [2.24, 2.45) is 5.92 Å². The number of hydrogen-bond acceptors (Lipinski definition) is 7. The zero-order valence-corrected chi connectivity index (χ0v) is 21.0. The molecule has 1 aromatic carbocycles. The van der Waals surface area contributed by atoms with E-state index in [0.29, 0.717) is 30.1 Å². The molecule has 1 amide bonds. The molecule has 0 saturated carbocycles. The molecule has 0 saturated heterocycles. The van der Waals surface area contributed by atoms with E-state index in [9.17, 15) is 18.3 Å². The number of ether oxygens (including phenoxy) is 1. The first-order chi connectivity index (χ1) is 16.1. The van der Waals surface area contributed by atoms with E-state index in [-0.39, 0.29) is 37.0 Å². The maximum absolute atomic E-state index is 13.2. The molecule has 3 rings (SSSR count). The Hall–Kier alpha value is -2.69. The van der Waals surface area contributed by atoms with Crippen molar-refractivity contribution >= 4 is 21.6 Å². The van der Waals surface area contributed by atoms with Crippen molar-refractivity contribution in [1.29, 1.82) is 0 Å². The molecule has 2 N–H and O–H groups in total. The van der Waals surface area contributed by atoms with Crippen LogP contribution in [0.5, 0.6) is 5.75 Å². The van der Waals surface area contributed by atoms with Crippen molar-refractivity contribution in [3.05, 3.63) is 53.9 Å². The number of aromatic nitrogens is 1. The monoisotopic (exact) mass is 490 g/mol. The van der Waals surface area contributed by atoms with E-state index < -0.39 is 10.0 Å². The second-order valence-corrected chi connectivity index (χ2v) is 10.9. The largest absolute Gasteiger partial charge is 0.488 e. The molecule has 9 nitrogen and oxygen atoms in total. The lowest BCUT2D eigenvalue weighted by atomic mass is 10.0. The molecule has 2 aromatic rings. The van der Waals surface area contributed by atoms with E-state index >= 15 is 0 Å². The number of aliphatic hydroxyl groups is 1. The van der Waals surface area contributed by atoms with Gasteiger partial charge < -0.3 is 14.7 Å². The number of nitrogens with zero attached hydrogens (tertiary/aromatic N) is 3. The number of likely N-dealkylation sites (N-methyl/N-ethyl adjacent to an activating group) is 1. The molecule has 0 unspecified atom stereocenters. The number of fused-ring (bicyclic) bond motifs is 1. The minimum absolute atomic E-state index is 0.0161. The smallest absolute Gasteiger partial charge is 0.229 e. The Morgan fingerprint density at radius 2 is 2.00 bits per heavy atom.